The Morgan fingerprint density at radius 2 is 1.53 bits per heavy atom. The first-order valence-electron chi connectivity index (χ1n) is 11.5. The van der Waals surface area contributed by atoms with Gasteiger partial charge in [0, 0.05) is 5.56 Å². The fraction of sp³-hybridized carbons (Fsp3) is 0.333. The minimum Gasteiger partial charge on any atom is -0.497 e. The van der Waals surface area contributed by atoms with E-state index in [0.717, 1.165) is 6.42 Å². The highest BCUT2D eigenvalue weighted by Gasteiger charge is 2.67. The fourth-order valence-corrected chi connectivity index (χ4v) is 6.10. The number of carbonyl (C=O) groups excluding carboxylic acids is 4. The number of ketones is 1. The maximum atomic E-state index is 13.4. The largest absolute Gasteiger partial charge is 0.497 e. The van der Waals surface area contributed by atoms with E-state index >= 15 is 0 Å². The summed E-state index contributed by atoms with van der Waals surface area (Å²) >= 11 is 0. The molecule has 34 heavy (non-hydrogen) atoms. The lowest BCUT2D eigenvalue weighted by Gasteiger charge is -2.37. The zero-order valence-electron chi connectivity index (χ0n) is 18.5. The topological polar surface area (TPSA) is 90.0 Å². The number of esters is 1. The molecule has 2 saturated carbocycles. The molecule has 0 aromatic heterocycles. The first kappa shape index (κ1) is 20.8. The number of carbonyl (C=O) groups is 4. The first-order chi connectivity index (χ1) is 16.5. The van der Waals surface area contributed by atoms with E-state index in [1.807, 2.05) is 0 Å². The van der Waals surface area contributed by atoms with Crippen LogP contribution < -0.4 is 9.64 Å². The number of amides is 2. The van der Waals surface area contributed by atoms with Gasteiger partial charge in [0.2, 0.25) is 11.8 Å². The average molecular weight is 457 g/mol. The van der Waals surface area contributed by atoms with E-state index in [9.17, 15) is 19.2 Å². The molecule has 1 saturated heterocycles. The van der Waals surface area contributed by atoms with Gasteiger partial charge in [-0.15, -0.1) is 0 Å². The van der Waals surface area contributed by atoms with Crippen LogP contribution in [0.3, 0.4) is 0 Å². The lowest BCUT2D eigenvalue weighted by molar-refractivity contribution is -0.124. The van der Waals surface area contributed by atoms with Gasteiger partial charge >= 0.3 is 5.97 Å². The normalized spacial score (nSPS) is 30.1. The molecule has 0 unspecified atom stereocenters. The van der Waals surface area contributed by atoms with Crippen molar-refractivity contribution < 1.29 is 28.7 Å². The van der Waals surface area contributed by atoms with Crippen molar-refractivity contribution in [2.75, 3.05) is 18.6 Å². The number of ether oxygens (including phenoxy) is 2. The number of imide groups is 1. The number of allylic oxidation sites excluding steroid dienone is 2. The number of hydrogen-bond donors (Lipinski definition) is 0. The first-order valence-corrected chi connectivity index (χ1v) is 11.5. The number of hydrogen-bond acceptors (Lipinski definition) is 6. The standard InChI is InChI=1S/C27H23NO6/c1-33-15-8-6-14(7-9-15)22(29)13-34-27(32)18-4-2-3-5-21(18)28-25(30)23-16-10-11-17(20-12-19(16)20)24(23)26(28)31/h2-11,16-17,19-20,23-24H,12-13H2,1H3/t16-,17-,19-,20+,23+,24+/m0/s1. The number of nitrogens with zero attached hydrogens (tertiary/aromatic N) is 1. The van der Waals surface area contributed by atoms with E-state index < -0.39 is 12.6 Å². The Bertz CT molecular complexity index is 1210. The predicted molar refractivity (Wildman–Crippen MR) is 121 cm³/mol. The van der Waals surface area contributed by atoms with Crippen molar-refractivity contribution in [3.05, 3.63) is 71.8 Å². The molecule has 4 aliphatic carbocycles. The predicted octanol–water partition coefficient (Wildman–Crippen LogP) is 3.29. The van der Waals surface area contributed by atoms with Crippen LogP contribution in [0.4, 0.5) is 5.69 Å². The zero-order valence-corrected chi connectivity index (χ0v) is 18.5. The maximum Gasteiger partial charge on any atom is 0.340 e. The molecule has 3 fully saturated rings. The molecular formula is C27H23NO6. The SMILES string of the molecule is COc1ccc(C(=O)COC(=O)c2ccccc2N2C(=O)[C@@H]3[C@H]4C=C[C@@H]([C@@H]5C[C@H]45)[C@H]3C2=O)cc1. The van der Waals surface area contributed by atoms with Gasteiger partial charge in [0.25, 0.3) is 0 Å². The third kappa shape index (κ3) is 3.03. The molecule has 172 valence electrons. The lowest BCUT2D eigenvalue weighted by atomic mass is 9.63. The van der Waals surface area contributed by atoms with Crippen LogP contribution in [0.15, 0.2) is 60.7 Å². The van der Waals surface area contributed by atoms with Crippen molar-refractivity contribution in [3.8, 4) is 5.75 Å². The number of rotatable bonds is 6. The van der Waals surface area contributed by atoms with Crippen molar-refractivity contribution in [1.82, 2.24) is 0 Å². The van der Waals surface area contributed by atoms with Crippen molar-refractivity contribution in [1.29, 1.82) is 0 Å². The van der Waals surface area contributed by atoms with Crippen LogP contribution in [-0.4, -0.2) is 37.3 Å². The summed E-state index contributed by atoms with van der Waals surface area (Å²) in [6.07, 6.45) is 5.31. The smallest absolute Gasteiger partial charge is 0.340 e. The van der Waals surface area contributed by atoms with Crippen molar-refractivity contribution in [2.45, 2.75) is 6.42 Å². The van der Waals surface area contributed by atoms with E-state index in [0.29, 0.717) is 23.1 Å². The van der Waals surface area contributed by atoms with E-state index in [1.165, 1.54) is 18.1 Å². The lowest BCUT2D eigenvalue weighted by Crippen LogP contribution is -2.40. The molecule has 7 heteroatoms. The highest BCUT2D eigenvalue weighted by Crippen LogP contribution is 2.65. The molecule has 2 aromatic rings. The van der Waals surface area contributed by atoms with Gasteiger partial charge in [-0.25, -0.2) is 9.69 Å². The molecule has 5 aliphatic rings. The second-order valence-electron chi connectivity index (χ2n) is 9.41. The fourth-order valence-electron chi connectivity index (χ4n) is 6.10. The quantitative estimate of drug-likeness (QED) is 0.286. The molecule has 0 N–H and O–H groups in total. The molecule has 2 bridgehead atoms. The molecule has 2 aromatic carbocycles. The van der Waals surface area contributed by atoms with Crippen LogP contribution in [0, 0.1) is 35.5 Å². The second-order valence-corrected chi connectivity index (χ2v) is 9.41. The molecule has 7 rings (SSSR count). The van der Waals surface area contributed by atoms with Crippen molar-refractivity contribution >= 4 is 29.3 Å². The van der Waals surface area contributed by atoms with Crippen LogP contribution in [0.2, 0.25) is 0 Å². The number of Topliss-reactive ketones (excluding diaryl/α,β-unsaturated/α-hetero) is 1. The third-order valence-electron chi connectivity index (χ3n) is 7.77. The molecule has 0 radical (unpaired) electrons. The van der Waals surface area contributed by atoms with E-state index in [-0.39, 0.29) is 52.5 Å². The summed E-state index contributed by atoms with van der Waals surface area (Å²) in [7, 11) is 1.53. The van der Waals surface area contributed by atoms with Crippen molar-refractivity contribution in [3.63, 3.8) is 0 Å². The summed E-state index contributed by atoms with van der Waals surface area (Å²) in [4.78, 5) is 53.4. The van der Waals surface area contributed by atoms with Gasteiger partial charge in [-0.3, -0.25) is 14.4 Å². The highest BCUT2D eigenvalue weighted by atomic mass is 16.5. The van der Waals surface area contributed by atoms with Crippen molar-refractivity contribution in [2.24, 2.45) is 35.5 Å². The van der Waals surface area contributed by atoms with Crippen LogP contribution in [0.25, 0.3) is 0 Å². The van der Waals surface area contributed by atoms with Crippen LogP contribution in [-0.2, 0) is 14.3 Å². The van der Waals surface area contributed by atoms with Gasteiger partial charge in [-0.1, -0.05) is 24.3 Å². The molecular weight excluding hydrogens is 434 g/mol. The summed E-state index contributed by atoms with van der Waals surface area (Å²) in [5, 5.41) is 0. The Labute approximate surface area is 196 Å². The van der Waals surface area contributed by atoms with Gasteiger partial charge < -0.3 is 9.47 Å². The minimum atomic E-state index is -0.753. The maximum absolute atomic E-state index is 13.4. The van der Waals surface area contributed by atoms with Gasteiger partial charge in [0.05, 0.1) is 30.2 Å². The Morgan fingerprint density at radius 1 is 0.912 bits per heavy atom. The Balaban J connectivity index is 1.22. The molecule has 2 amide bonds. The zero-order chi connectivity index (χ0) is 23.6. The van der Waals surface area contributed by atoms with Gasteiger partial charge in [0.15, 0.2) is 12.4 Å². The highest BCUT2D eigenvalue weighted by molar-refractivity contribution is 6.24. The molecule has 6 atom stereocenters. The summed E-state index contributed by atoms with van der Waals surface area (Å²) in [6.45, 7) is -0.454. The Morgan fingerprint density at radius 3 is 2.15 bits per heavy atom. The van der Waals surface area contributed by atoms with Gasteiger partial charge in [-0.2, -0.15) is 0 Å². The summed E-state index contributed by atoms with van der Waals surface area (Å²) in [5.41, 5.74) is 0.704. The number of methoxy groups -OCH3 is 1. The second kappa shape index (κ2) is 7.65. The number of anilines is 1. The van der Waals surface area contributed by atoms with Crippen LogP contribution >= 0.6 is 0 Å². The van der Waals surface area contributed by atoms with Gasteiger partial charge in [-0.05, 0) is 66.5 Å². The van der Waals surface area contributed by atoms with Crippen LogP contribution in [0.1, 0.15) is 27.1 Å². The van der Waals surface area contributed by atoms with E-state index in [1.54, 1.807) is 42.5 Å². The molecule has 7 nitrogen and oxygen atoms in total. The van der Waals surface area contributed by atoms with Crippen LogP contribution in [0.5, 0.6) is 5.75 Å². The molecule has 1 heterocycles. The summed E-state index contributed by atoms with van der Waals surface area (Å²) in [5.74, 6) is -0.502. The summed E-state index contributed by atoms with van der Waals surface area (Å²) in [6, 6.07) is 12.9. The Hall–Kier alpha value is -3.74. The summed E-state index contributed by atoms with van der Waals surface area (Å²) < 4.78 is 10.4. The minimum absolute atomic E-state index is 0.0934. The average Bonchev–Trinajstić information content (AvgIpc) is 3.65. The molecule has 1 aliphatic heterocycles. The van der Waals surface area contributed by atoms with E-state index in [4.69, 9.17) is 9.47 Å². The number of para-hydroxylation sites is 1. The Kier molecular flexibility index (Phi) is 4.69. The van der Waals surface area contributed by atoms with E-state index in [2.05, 4.69) is 12.2 Å². The third-order valence-corrected chi connectivity index (χ3v) is 7.77. The van der Waals surface area contributed by atoms with Gasteiger partial charge in [0.1, 0.15) is 5.75 Å². The molecule has 0 spiro atoms. The monoisotopic (exact) mass is 457 g/mol. The number of benzene rings is 2.